The molecule has 1 aliphatic rings. The zero-order valence-corrected chi connectivity index (χ0v) is 9.98. The van der Waals surface area contributed by atoms with Crippen LogP contribution in [-0.2, 0) is 10.2 Å². The highest BCUT2D eigenvalue weighted by atomic mass is 35.5. The first-order chi connectivity index (χ1) is 7.68. The molecule has 0 atom stereocenters. The summed E-state index contributed by atoms with van der Waals surface area (Å²) in [7, 11) is 0. The molecule has 1 saturated heterocycles. The summed E-state index contributed by atoms with van der Waals surface area (Å²) >= 11 is 5.91. The zero-order chi connectivity index (χ0) is 11.6. The molecule has 2 nitrogen and oxygen atoms in total. The molecule has 0 radical (unpaired) electrons. The monoisotopic (exact) mass is 243 g/mol. The predicted molar refractivity (Wildman–Crippen MR) is 62.5 cm³/mol. The molecule has 1 N–H and O–H groups in total. The molecule has 1 fully saturated rings. The summed E-state index contributed by atoms with van der Waals surface area (Å²) < 4.78 is 19.0. The number of likely N-dealkylation sites (N-methyl/N-ethyl adjacent to an activating group) is 1. The van der Waals surface area contributed by atoms with Gasteiger partial charge in [-0.05, 0) is 24.7 Å². The summed E-state index contributed by atoms with van der Waals surface area (Å²) in [6.07, 6.45) is 0. The molecule has 1 aromatic carbocycles. The number of ether oxygens (including phenoxy) is 1. The highest BCUT2D eigenvalue weighted by Crippen LogP contribution is 2.34. The number of benzene rings is 1. The summed E-state index contributed by atoms with van der Waals surface area (Å²) in [5.41, 5.74) is 0.414. The van der Waals surface area contributed by atoms with Crippen LogP contribution in [0.4, 0.5) is 4.39 Å². The van der Waals surface area contributed by atoms with Gasteiger partial charge in [-0.25, -0.2) is 4.39 Å². The molecule has 0 bridgehead atoms. The van der Waals surface area contributed by atoms with Crippen LogP contribution >= 0.6 is 11.6 Å². The van der Waals surface area contributed by atoms with E-state index in [4.69, 9.17) is 16.3 Å². The molecule has 0 amide bonds. The highest BCUT2D eigenvalue weighted by Gasteiger charge is 2.41. The number of halogens is 2. The molecule has 2 rings (SSSR count). The Labute approximate surface area is 99.7 Å². The largest absolute Gasteiger partial charge is 0.379 e. The molecular weight excluding hydrogens is 229 g/mol. The maximum absolute atomic E-state index is 13.8. The van der Waals surface area contributed by atoms with Crippen molar-refractivity contribution in [3.05, 3.63) is 34.6 Å². The van der Waals surface area contributed by atoms with Crippen molar-refractivity contribution in [1.82, 2.24) is 5.32 Å². The van der Waals surface area contributed by atoms with Gasteiger partial charge in [0.1, 0.15) is 5.82 Å². The Kier molecular flexibility index (Phi) is 3.47. The quantitative estimate of drug-likeness (QED) is 0.877. The zero-order valence-electron chi connectivity index (χ0n) is 9.22. The number of nitrogens with one attached hydrogen (secondary N) is 1. The molecule has 16 heavy (non-hydrogen) atoms. The smallest absolute Gasteiger partial charge is 0.127 e. The summed E-state index contributed by atoms with van der Waals surface area (Å²) in [6, 6.07) is 4.70. The van der Waals surface area contributed by atoms with E-state index in [1.54, 1.807) is 12.1 Å². The molecule has 0 unspecified atom stereocenters. The third-order valence-electron chi connectivity index (χ3n) is 2.97. The van der Waals surface area contributed by atoms with Crippen LogP contribution in [0, 0.1) is 5.82 Å². The van der Waals surface area contributed by atoms with Gasteiger partial charge in [0.15, 0.2) is 0 Å². The van der Waals surface area contributed by atoms with E-state index in [1.165, 1.54) is 6.07 Å². The fourth-order valence-corrected chi connectivity index (χ4v) is 2.14. The molecular formula is C12H15ClFNO. The van der Waals surface area contributed by atoms with Crippen molar-refractivity contribution in [1.29, 1.82) is 0 Å². The van der Waals surface area contributed by atoms with Crippen molar-refractivity contribution < 1.29 is 9.13 Å². The van der Waals surface area contributed by atoms with Crippen LogP contribution < -0.4 is 5.32 Å². The minimum absolute atomic E-state index is 0.203. The van der Waals surface area contributed by atoms with Gasteiger partial charge in [0, 0.05) is 17.1 Å². The van der Waals surface area contributed by atoms with Crippen molar-refractivity contribution in [2.75, 3.05) is 26.3 Å². The van der Waals surface area contributed by atoms with E-state index in [1.807, 2.05) is 6.92 Å². The normalized spacial score (nSPS) is 18.2. The molecule has 1 heterocycles. The number of rotatable bonds is 4. The van der Waals surface area contributed by atoms with Crippen molar-refractivity contribution in [3.8, 4) is 0 Å². The molecule has 88 valence electrons. The highest BCUT2D eigenvalue weighted by molar-refractivity contribution is 6.30. The summed E-state index contributed by atoms with van der Waals surface area (Å²) in [4.78, 5) is 0. The molecule has 1 aliphatic heterocycles. The summed E-state index contributed by atoms with van der Waals surface area (Å²) in [6.45, 7) is 4.72. The van der Waals surface area contributed by atoms with E-state index in [2.05, 4.69) is 5.32 Å². The van der Waals surface area contributed by atoms with Gasteiger partial charge in [-0.3, -0.25) is 0 Å². The standard InChI is InChI=1S/C12H15ClFNO/c1-2-15-6-12(7-16-8-12)10-5-9(13)3-4-11(10)14/h3-5,15H,2,6-8H2,1H3. The Morgan fingerprint density at radius 2 is 2.25 bits per heavy atom. The lowest BCUT2D eigenvalue weighted by Gasteiger charge is -2.42. The van der Waals surface area contributed by atoms with E-state index in [-0.39, 0.29) is 11.2 Å². The Bertz CT molecular complexity index is 379. The van der Waals surface area contributed by atoms with Crippen LogP contribution in [0.2, 0.25) is 5.02 Å². The first-order valence-corrected chi connectivity index (χ1v) is 5.80. The third kappa shape index (κ3) is 2.08. The van der Waals surface area contributed by atoms with Crippen LogP contribution in [0.5, 0.6) is 0 Å². The van der Waals surface area contributed by atoms with Crippen LogP contribution in [0.25, 0.3) is 0 Å². The fourth-order valence-electron chi connectivity index (χ4n) is 1.97. The van der Waals surface area contributed by atoms with Crippen LogP contribution in [0.1, 0.15) is 12.5 Å². The van der Waals surface area contributed by atoms with Crippen molar-refractivity contribution in [2.45, 2.75) is 12.3 Å². The minimum Gasteiger partial charge on any atom is -0.379 e. The van der Waals surface area contributed by atoms with Crippen molar-refractivity contribution in [3.63, 3.8) is 0 Å². The van der Waals surface area contributed by atoms with Gasteiger partial charge in [0.05, 0.1) is 18.6 Å². The minimum atomic E-state index is -0.245. The first-order valence-electron chi connectivity index (χ1n) is 5.42. The summed E-state index contributed by atoms with van der Waals surface area (Å²) in [5, 5.41) is 3.82. The second-order valence-corrected chi connectivity index (χ2v) is 4.61. The molecule has 0 saturated carbocycles. The van der Waals surface area contributed by atoms with E-state index < -0.39 is 0 Å². The van der Waals surface area contributed by atoms with Crippen LogP contribution in [0.15, 0.2) is 18.2 Å². The molecule has 0 aromatic heterocycles. The van der Waals surface area contributed by atoms with E-state index in [0.717, 1.165) is 13.1 Å². The van der Waals surface area contributed by atoms with Crippen LogP contribution in [0.3, 0.4) is 0 Å². The lowest BCUT2D eigenvalue weighted by Crippen LogP contribution is -2.54. The van der Waals surface area contributed by atoms with Crippen LogP contribution in [-0.4, -0.2) is 26.3 Å². The summed E-state index contributed by atoms with van der Waals surface area (Å²) in [5.74, 6) is -0.203. The maximum atomic E-state index is 13.8. The lowest BCUT2D eigenvalue weighted by molar-refractivity contribution is -0.0603. The van der Waals surface area contributed by atoms with Crippen molar-refractivity contribution in [2.24, 2.45) is 0 Å². The van der Waals surface area contributed by atoms with Gasteiger partial charge in [-0.2, -0.15) is 0 Å². The second-order valence-electron chi connectivity index (χ2n) is 4.18. The molecule has 0 spiro atoms. The fraction of sp³-hybridized carbons (Fsp3) is 0.500. The topological polar surface area (TPSA) is 21.3 Å². The predicted octanol–water partition coefficient (Wildman–Crippen LogP) is 2.36. The van der Waals surface area contributed by atoms with Gasteiger partial charge in [-0.1, -0.05) is 18.5 Å². The van der Waals surface area contributed by atoms with E-state index >= 15 is 0 Å². The maximum Gasteiger partial charge on any atom is 0.127 e. The van der Waals surface area contributed by atoms with Gasteiger partial charge in [0.25, 0.3) is 0 Å². The van der Waals surface area contributed by atoms with E-state index in [0.29, 0.717) is 23.8 Å². The SMILES string of the molecule is CCNCC1(c2cc(Cl)ccc2F)COC1. The Hall–Kier alpha value is -0.640. The molecule has 4 heteroatoms. The number of hydrogen-bond acceptors (Lipinski definition) is 2. The van der Waals surface area contributed by atoms with Gasteiger partial charge in [-0.15, -0.1) is 0 Å². The average Bonchev–Trinajstić information content (AvgIpc) is 2.21. The Balaban J connectivity index is 2.28. The Morgan fingerprint density at radius 3 is 2.81 bits per heavy atom. The van der Waals surface area contributed by atoms with Gasteiger partial charge < -0.3 is 10.1 Å². The first kappa shape index (κ1) is 11.8. The Morgan fingerprint density at radius 1 is 1.50 bits per heavy atom. The van der Waals surface area contributed by atoms with E-state index in [9.17, 15) is 4.39 Å². The number of hydrogen-bond donors (Lipinski definition) is 1. The third-order valence-corrected chi connectivity index (χ3v) is 3.20. The second kappa shape index (κ2) is 4.70. The molecule has 1 aromatic rings. The van der Waals surface area contributed by atoms with Crippen molar-refractivity contribution >= 4 is 11.6 Å². The van der Waals surface area contributed by atoms with Gasteiger partial charge >= 0.3 is 0 Å². The lowest BCUT2D eigenvalue weighted by atomic mass is 9.78. The average molecular weight is 244 g/mol. The van der Waals surface area contributed by atoms with Gasteiger partial charge in [0.2, 0.25) is 0 Å². The molecule has 0 aliphatic carbocycles.